The van der Waals surface area contributed by atoms with Crippen molar-refractivity contribution in [3.8, 4) is 11.1 Å². The summed E-state index contributed by atoms with van der Waals surface area (Å²) in [4.78, 5) is 116. The molecular weight excluding hydrogens is 1170 g/mol. The number of allylic oxidation sites excluding steroid dienone is 1. The highest BCUT2D eigenvalue weighted by molar-refractivity contribution is 8.76. The number of carbonyl (C=O) groups is 8. The molecule has 7 amide bonds. The van der Waals surface area contributed by atoms with E-state index >= 15 is 9.59 Å². The molecule has 1 aliphatic heterocycles. The Kier molecular flexibility index (Phi) is 24.2. The Bertz CT molecular complexity index is 3290. The van der Waals surface area contributed by atoms with Crippen molar-refractivity contribution >= 4 is 74.5 Å². The number of benzene rings is 5. The Morgan fingerprint density at radius 1 is 0.719 bits per heavy atom. The van der Waals surface area contributed by atoms with E-state index in [-0.39, 0.29) is 69.1 Å². The number of nitrogens with one attached hydrogen (secondary N) is 7. The SMILES string of the molecule is C[C@@H](O)[C@@H](CO)NC(=O)[C@@H]1CSSC[C@H](NC(=O)[C@H](N)Cc2ccccc2)C(=O)C[C@@H](Cc2ccccc2)C(=O)N[C@H](CC2=CCc3ccccc32)C(=O)N[C@@H](CCCCNC(=O)OCC2c3ccccc3-c3ccccc32)C(=O)N[C@@](C)([C@@H](C)O)C(=O)N1. The van der Waals surface area contributed by atoms with E-state index in [0.29, 0.717) is 12.0 Å². The molecule has 0 unspecified atom stereocenters. The average Bonchev–Trinajstić information content (AvgIpc) is 1.70. The van der Waals surface area contributed by atoms with Gasteiger partial charge in [0.05, 0.1) is 36.9 Å². The lowest BCUT2D eigenvalue weighted by atomic mass is 9.90. The number of amides is 7. The number of aliphatic hydroxyl groups is 3. The Morgan fingerprint density at radius 2 is 1.33 bits per heavy atom. The van der Waals surface area contributed by atoms with E-state index in [4.69, 9.17) is 10.5 Å². The van der Waals surface area contributed by atoms with Gasteiger partial charge in [-0.3, -0.25) is 33.6 Å². The number of hydrogen-bond acceptors (Lipinski definition) is 15. The fourth-order valence-electron chi connectivity index (χ4n) is 11.1. The Balaban J connectivity index is 1.09. The fourth-order valence-corrected chi connectivity index (χ4v) is 13.5. The van der Waals surface area contributed by atoms with Gasteiger partial charge in [-0.25, -0.2) is 4.79 Å². The van der Waals surface area contributed by atoms with Crippen molar-refractivity contribution in [2.24, 2.45) is 11.7 Å². The molecule has 1 heterocycles. The number of aliphatic hydroxyl groups excluding tert-OH is 3. The normalized spacial score (nSPS) is 22.4. The van der Waals surface area contributed by atoms with Crippen molar-refractivity contribution in [1.29, 1.82) is 0 Å². The summed E-state index contributed by atoms with van der Waals surface area (Å²) in [5.74, 6) is -7.04. The van der Waals surface area contributed by atoms with Gasteiger partial charge in [0.25, 0.3) is 0 Å². The minimum absolute atomic E-state index is 0.0408. The summed E-state index contributed by atoms with van der Waals surface area (Å²) >= 11 is 0. The molecule has 1 fully saturated rings. The highest BCUT2D eigenvalue weighted by Gasteiger charge is 2.44. The Morgan fingerprint density at radius 3 is 1.98 bits per heavy atom. The number of hydrogen-bond donors (Lipinski definition) is 11. The van der Waals surface area contributed by atoms with Crippen LogP contribution in [0.3, 0.4) is 0 Å². The van der Waals surface area contributed by atoms with Gasteiger partial charge in [-0.05, 0) is 109 Å². The first-order valence-corrected chi connectivity index (χ1v) is 32.6. The highest BCUT2D eigenvalue weighted by Crippen LogP contribution is 2.44. The fraction of sp³-hybridized carbons (Fsp3) is 0.403. The van der Waals surface area contributed by atoms with Crippen LogP contribution in [-0.2, 0) is 57.6 Å². The van der Waals surface area contributed by atoms with Crippen LogP contribution in [0.1, 0.15) is 92.2 Å². The second-order valence-corrected chi connectivity index (χ2v) is 25.6. The number of ether oxygens (including phenoxy) is 1. The number of unbranched alkanes of at least 4 members (excludes halogenated alkanes) is 1. The van der Waals surface area contributed by atoms with Gasteiger partial charge in [0.15, 0.2) is 5.78 Å². The van der Waals surface area contributed by atoms with Gasteiger partial charge in [-0.1, -0.05) is 161 Å². The molecule has 5 aromatic rings. The van der Waals surface area contributed by atoms with E-state index in [1.54, 1.807) is 24.3 Å². The first kappa shape index (κ1) is 67.1. The van der Waals surface area contributed by atoms with Gasteiger partial charge in [-0.2, -0.15) is 0 Å². The number of alkyl carbamates (subject to hydrolysis) is 1. The maximum absolute atomic E-state index is 15.2. The van der Waals surface area contributed by atoms with Crippen LogP contribution in [0.5, 0.6) is 0 Å². The number of fused-ring (bicyclic) bond motifs is 4. The van der Waals surface area contributed by atoms with Crippen molar-refractivity contribution in [2.75, 3.05) is 31.3 Å². The molecule has 10 atom stereocenters. The molecule has 89 heavy (non-hydrogen) atoms. The summed E-state index contributed by atoms with van der Waals surface area (Å²) in [6, 6.07) is 33.9. The summed E-state index contributed by atoms with van der Waals surface area (Å²) in [6.45, 7) is 3.39. The van der Waals surface area contributed by atoms with E-state index in [1.165, 1.54) is 20.8 Å². The van der Waals surface area contributed by atoms with E-state index in [0.717, 1.165) is 66.1 Å². The molecule has 12 N–H and O–H groups in total. The number of carbonyl (C=O) groups excluding carboxylic acids is 8. The molecule has 0 aromatic heterocycles. The quantitative estimate of drug-likeness (QED) is 0.0376. The topological polar surface area (TPSA) is 317 Å². The monoisotopic (exact) mass is 1250 g/mol. The van der Waals surface area contributed by atoms with Crippen LogP contribution in [0.4, 0.5) is 4.79 Å². The maximum Gasteiger partial charge on any atom is 0.407 e. The van der Waals surface area contributed by atoms with Crippen LogP contribution in [0, 0.1) is 5.92 Å². The van der Waals surface area contributed by atoms with E-state index in [2.05, 4.69) is 37.2 Å². The van der Waals surface area contributed by atoms with Crippen LogP contribution in [0.25, 0.3) is 16.7 Å². The molecule has 3 aliphatic rings. The van der Waals surface area contributed by atoms with Gasteiger partial charge in [0, 0.05) is 42.7 Å². The van der Waals surface area contributed by atoms with Gasteiger partial charge < -0.3 is 63.0 Å². The molecule has 2 aliphatic carbocycles. The zero-order chi connectivity index (χ0) is 63.6. The van der Waals surface area contributed by atoms with Crippen LogP contribution < -0.4 is 43.0 Å². The third-order valence-corrected chi connectivity index (χ3v) is 19.0. The average molecular weight is 1250 g/mol. The number of rotatable bonds is 20. The first-order valence-electron chi connectivity index (χ1n) is 30.1. The predicted molar refractivity (Wildman–Crippen MR) is 343 cm³/mol. The number of ketones is 1. The Labute approximate surface area is 526 Å². The second kappa shape index (κ2) is 32.1. The molecule has 8 rings (SSSR count). The minimum atomic E-state index is -2.19. The van der Waals surface area contributed by atoms with Gasteiger partial charge in [0.2, 0.25) is 35.4 Å². The van der Waals surface area contributed by atoms with Gasteiger partial charge in [-0.15, -0.1) is 0 Å². The summed E-state index contributed by atoms with van der Waals surface area (Å²) in [6.07, 6.45) is -0.880. The molecule has 0 saturated carbocycles. The van der Waals surface area contributed by atoms with Crippen molar-refractivity contribution in [1.82, 2.24) is 37.2 Å². The zero-order valence-electron chi connectivity index (χ0n) is 50.2. The van der Waals surface area contributed by atoms with Crippen LogP contribution in [0.2, 0.25) is 0 Å². The van der Waals surface area contributed by atoms with E-state index in [1.807, 2.05) is 115 Å². The molecule has 472 valence electrons. The number of nitrogens with two attached hydrogens (primary N) is 1. The largest absolute Gasteiger partial charge is 0.449 e. The first-order chi connectivity index (χ1) is 42.8. The summed E-state index contributed by atoms with van der Waals surface area (Å²) in [5.41, 5.74) is 12.6. The zero-order valence-corrected chi connectivity index (χ0v) is 51.8. The van der Waals surface area contributed by atoms with Gasteiger partial charge >= 0.3 is 6.09 Å². The Hall–Kier alpha value is -7.86. The summed E-state index contributed by atoms with van der Waals surface area (Å²) in [5, 5.41) is 51.2. The summed E-state index contributed by atoms with van der Waals surface area (Å²) in [7, 11) is 2.10. The third-order valence-electron chi connectivity index (χ3n) is 16.6. The standard InChI is InChI=1S/C67H80N8O12S2/c1-40(77)56(36-76)72-63(83)58-39-89-88-38-57(73-61(81)53(68)33-43-20-8-5-9-21-43)59(79)35-46(32-42-18-6-4-7-19-42)60(80)71-55(34-45-30-29-44-22-10-11-23-47(44)45)62(82)70-54(64(84)75-67(3,41(2)78)65(85)74-58)28-16-17-31-69-66(86)87-37-52-50-26-14-12-24-48(50)49-25-13-15-27-51(49)52/h4-15,18-27,30,40-41,46,52-58,76-78H,16-17,28-29,31-39,68H2,1-3H3,(H,69,86)(H,70,82)(H,71,80)(H,72,83)(H,73,81)(H,74,85)(H,75,84)/t40-,41-,46-,53-,54+,55-,56-,57+,58+,67+/m1/s1. The molecule has 1 saturated heterocycles. The maximum atomic E-state index is 15.2. The molecule has 0 bridgehead atoms. The molecule has 5 aromatic carbocycles. The van der Waals surface area contributed by atoms with Crippen molar-refractivity contribution in [2.45, 2.75) is 132 Å². The molecule has 0 spiro atoms. The smallest absolute Gasteiger partial charge is 0.407 e. The van der Waals surface area contributed by atoms with Crippen LogP contribution >= 0.6 is 21.6 Å². The number of Topliss-reactive ketones (excluding diaryl/α,β-unsaturated/α-hetero) is 1. The van der Waals surface area contributed by atoms with Crippen LogP contribution in [-0.4, -0.2) is 148 Å². The lowest BCUT2D eigenvalue weighted by Gasteiger charge is -2.35. The summed E-state index contributed by atoms with van der Waals surface area (Å²) < 4.78 is 5.75. The molecule has 22 heteroatoms. The highest BCUT2D eigenvalue weighted by atomic mass is 33.1. The lowest BCUT2D eigenvalue weighted by Crippen LogP contribution is -2.68. The predicted octanol–water partition coefficient (Wildman–Crippen LogP) is 4.56. The molecule has 20 nitrogen and oxygen atoms in total. The van der Waals surface area contributed by atoms with Crippen molar-refractivity contribution < 1.29 is 58.4 Å². The lowest BCUT2D eigenvalue weighted by molar-refractivity contribution is -0.141. The molecular formula is C67H80N8O12S2. The van der Waals surface area contributed by atoms with Crippen molar-refractivity contribution in [3.05, 3.63) is 173 Å². The van der Waals surface area contributed by atoms with E-state index < -0.39 is 120 Å². The van der Waals surface area contributed by atoms with Gasteiger partial charge in [0.1, 0.15) is 30.3 Å². The minimum Gasteiger partial charge on any atom is -0.449 e. The van der Waals surface area contributed by atoms with E-state index in [9.17, 15) is 44.1 Å². The molecule has 0 radical (unpaired) electrons. The van der Waals surface area contributed by atoms with Crippen LogP contribution in [0.15, 0.2) is 140 Å². The second-order valence-electron chi connectivity index (χ2n) is 23.1. The van der Waals surface area contributed by atoms with Crippen molar-refractivity contribution in [3.63, 3.8) is 0 Å². The third kappa shape index (κ3) is 17.9.